The van der Waals surface area contributed by atoms with E-state index in [0.717, 1.165) is 11.3 Å². The molecule has 0 spiro atoms. The molecule has 0 radical (unpaired) electrons. The second kappa shape index (κ2) is 9.41. The largest absolute Gasteiger partial charge is 0.379 e. The molecular formula is C21H23N5O4S2. The molecular weight excluding hydrogens is 450 g/mol. The van der Waals surface area contributed by atoms with Gasteiger partial charge in [-0.2, -0.15) is 4.31 Å². The van der Waals surface area contributed by atoms with E-state index in [1.165, 1.54) is 16.1 Å². The first-order chi connectivity index (χ1) is 15.4. The first-order valence-corrected chi connectivity index (χ1v) is 12.4. The lowest BCUT2D eigenvalue weighted by Crippen LogP contribution is -2.40. The van der Waals surface area contributed by atoms with Gasteiger partial charge in [-0.15, -0.1) is 10.2 Å². The number of amides is 1. The second-order valence-corrected chi connectivity index (χ2v) is 10.1. The van der Waals surface area contributed by atoms with Crippen LogP contribution >= 0.6 is 11.8 Å². The quantitative estimate of drug-likeness (QED) is 0.520. The van der Waals surface area contributed by atoms with Crippen LogP contribution in [0.5, 0.6) is 0 Å². The van der Waals surface area contributed by atoms with Crippen molar-refractivity contribution in [1.82, 2.24) is 19.1 Å². The average molecular weight is 474 g/mol. The van der Waals surface area contributed by atoms with Gasteiger partial charge in [0.05, 0.1) is 23.9 Å². The predicted octanol–water partition coefficient (Wildman–Crippen LogP) is 1.84. The van der Waals surface area contributed by atoms with E-state index in [-0.39, 0.29) is 10.6 Å². The van der Waals surface area contributed by atoms with Gasteiger partial charge < -0.3 is 10.5 Å². The number of hydrogen-bond acceptors (Lipinski definition) is 7. The molecule has 1 amide bonds. The Bertz CT molecular complexity index is 1220. The molecule has 0 unspecified atom stereocenters. The molecule has 1 fully saturated rings. The normalized spacial score (nSPS) is 15.0. The van der Waals surface area contributed by atoms with Crippen molar-refractivity contribution in [3.05, 3.63) is 54.1 Å². The fourth-order valence-electron chi connectivity index (χ4n) is 3.42. The molecule has 1 aliphatic heterocycles. The third-order valence-corrected chi connectivity index (χ3v) is 7.89. The molecule has 0 aliphatic carbocycles. The van der Waals surface area contributed by atoms with Crippen LogP contribution in [0.3, 0.4) is 0 Å². The molecule has 0 saturated carbocycles. The van der Waals surface area contributed by atoms with Gasteiger partial charge in [-0.05, 0) is 36.8 Å². The van der Waals surface area contributed by atoms with E-state index in [9.17, 15) is 13.2 Å². The van der Waals surface area contributed by atoms with Crippen LogP contribution in [0.2, 0.25) is 0 Å². The minimum absolute atomic E-state index is 0.0510. The first kappa shape index (κ1) is 22.5. The van der Waals surface area contributed by atoms with E-state index >= 15 is 0 Å². The molecule has 168 valence electrons. The second-order valence-electron chi connectivity index (χ2n) is 7.23. The van der Waals surface area contributed by atoms with Crippen molar-refractivity contribution in [1.29, 1.82) is 0 Å². The van der Waals surface area contributed by atoms with Crippen molar-refractivity contribution in [2.24, 2.45) is 5.73 Å². The molecule has 11 heteroatoms. The Morgan fingerprint density at radius 2 is 1.84 bits per heavy atom. The van der Waals surface area contributed by atoms with Crippen LogP contribution in [-0.2, 0) is 19.6 Å². The number of ether oxygens (including phenoxy) is 1. The van der Waals surface area contributed by atoms with Gasteiger partial charge in [0.1, 0.15) is 0 Å². The number of aryl methyl sites for hydroxylation is 1. The summed E-state index contributed by atoms with van der Waals surface area (Å²) < 4.78 is 34.9. The summed E-state index contributed by atoms with van der Waals surface area (Å²) in [6, 6.07) is 14.5. The van der Waals surface area contributed by atoms with E-state index in [1.54, 1.807) is 22.8 Å². The Morgan fingerprint density at radius 3 is 2.53 bits per heavy atom. The third kappa shape index (κ3) is 4.56. The Morgan fingerprint density at radius 1 is 1.12 bits per heavy atom. The van der Waals surface area contributed by atoms with Gasteiger partial charge in [0.2, 0.25) is 15.9 Å². The molecule has 4 rings (SSSR count). The summed E-state index contributed by atoms with van der Waals surface area (Å²) in [6.45, 7) is 3.28. The first-order valence-electron chi connectivity index (χ1n) is 9.99. The van der Waals surface area contributed by atoms with Crippen molar-refractivity contribution in [3.8, 4) is 17.1 Å². The molecule has 1 aliphatic rings. The molecule has 2 N–H and O–H groups in total. The van der Waals surface area contributed by atoms with E-state index in [4.69, 9.17) is 10.5 Å². The van der Waals surface area contributed by atoms with Gasteiger partial charge in [0.15, 0.2) is 11.0 Å². The number of sulfonamides is 1. The SMILES string of the molecule is Cc1ccc(S(=O)(=O)N2CCOCC2)cc1-c1nnc(SCC(N)=O)n1-c1ccccc1. The van der Waals surface area contributed by atoms with Crippen LogP contribution < -0.4 is 5.73 Å². The van der Waals surface area contributed by atoms with Gasteiger partial charge in [-0.25, -0.2) is 8.42 Å². The maximum absolute atomic E-state index is 13.2. The minimum atomic E-state index is -3.67. The molecule has 1 saturated heterocycles. The number of hydrogen-bond donors (Lipinski definition) is 1. The number of aromatic nitrogens is 3. The lowest BCUT2D eigenvalue weighted by atomic mass is 10.1. The number of para-hydroxylation sites is 1. The topological polar surface area (TPSA) is 120 Å². The van der Waals surface area contributed by atoms with Crippen LogP contribution in [0.4, 0.5) is 0 Å². The van der Waals surface area contributed by atoms with Crippen molar-refractivity contribution in [2.75, 3.05) is 32.1 Å². The summed E-state index contributed by atoms with van der Waals surface area (Å²) in [5, 5.41) is 9.10. The summed E-state index contributed by atoms with van der Waals surface area (Å²) in [6.07, 6.45) is 0. The summed E-state index contributed by atoms with van der Waals surface area (Å²) in [7, 11) is -3.67. The number of carbonyl (C=O) groups excluding carboxylic acids is 1. The summed E-state index contributed by atoms with van der Waals surface area (Å²) >= 11 is 1.18. The minimum Gasteiger partial charge on any atom is -0.379 e. The maximum Gasteiger partial charge on any atom is 0.243 e. The zero-order valence-electron chi connectivity index (χ0n) is 17.5. The van der Waals surface area contributed by atoms with Crippen LogP contribution in [0.15, 0.2) is 58.6 Å². The van der Waals surface area contributed by atoms with Gasteiger partial charge in [0, 0.05) is 24.3 Å². The van der Waals surface area contributed by atoms with E-state index in [1.807, 2.05) is 37.3 Å². The lowest BCUT2D eigenvalue weighted by Gasteiger charge is -2.26. The molecule has 9 nitrogen and oxygen atoms in total. The number of thioether (sulfide) groups is 1. The Balaban J connectivity index is 1.81. The van der Waals surface area contributed by atoms with Crippen LogP contribution in [0, 0.1) is 6.92 Å². The molecule has 32 heavy (non-hydrogen) atoms. The van der Waals surface area contributed by atoms with Crippen molar-refractivity contribution in [2.45, 2.75) is 17.0 Å². The van der Waals surface area contributed by atoms with Crippen molar-refractivity contribution < 1.29 is 17.9 Å². The Hall–Kier alpha value is -2.73. The molecule has 2 aromatic carbocycles. The van der Waals surface area contributed by atoms with Gasteiger partial charge >= 0.3 is 0 Å². The predicted molar refractivity (Wildman–Crippen MR) is 121 cm³/mol. The number of rotatable bonds is 7. The highest BCUT2D eigenvalue weighted by atomic mass is 32.2. The number of morpholine rings is 1. The standard InChI is InChI=1S/C21H23N5O4S2/c1-15-7-8-17(32(28,29)25-9-11-30-12-10-25)13-18(15)20-23-24-21(31-14-19(22)27)26(20)16-5-3-2-4-6-16/h2-8,13H,9-12,14H2,1H3,(H2,22,27). The highest BCUT2D eigenvalue weighted by molar-refractivity contribution is 7.99. The summed E-state index contributed by atoms with van der Waals surface area (Å²) in [5.74, 6) is 0.0729. The lowest BCUT2D eigenvalue weighted by molar-refractivity contribution is -0.115. The monoisotopic (exact) mass is 473 g/mol. The molecule has 3 aromatic rings. The molecule has 0 atom stereocenters. The van der Waals surface area contributed by atoms with Crippen molar-refractivity contribution in [3.63, 3.8) is 0 Å². The zero-order chi connectivity index (χ0) is 22.7. The van der Waals surface area contributed by atoms with Crippen LogP contribution in [-0.4, -0.2) is 65.5 Å². The highest BCUT2D eigenvalue weighted by Crippen LogP contribution is 2.32. The molecule has 2 heterocycles. The van der Waals surface area contributed by atoms with E-state index < -0.39 is 15.9 Å². The van der Waals surface area contributed by atoms with E-state index in [2.05, 4.69) is 10.2 Å². The van der Waals surface area contributed by atoms with Crippen molar-refractivity contribution >= 4 is 27.7 Å². The fourth-order valence-corrected chi connectivity index (χ4v) is 5.55. The van der Waals surface area contributed by atoms with Gasteiger partial charge in [-0.1, -0.05) is 36.0 Å². The molecule has 0 bridgehead atoms. The highest BCUT2D eigenvalue weighted by Gasteiger charge is 2.28. The van der Waals surface area contributed by atoms with E-state index in [0.29, 0.717) is 42.8 Å². The van der Waals surface area contributed by atoms with Crippen LogP contribution in [0.1, 0.15) is 5.56 Å². The average Bonchev–Trinajstić information content (AvgIpc) is 3.22. The van der Waals surface area contributed by atoms with Gasteiger partial charge in [0.25, 0.3) is 0 Å². The van der Waals surface area contributed by atoms with Crippen LogP contribution in [0.25, 0.3) is 17.1 Å². The number of nitrogens with zero attached hydrogens (tertiary/aromatic N) is 4. The number of carbonyl (C=O) groups is 1. The summed E-state index contributed by atoms with van der Waals surface area (Å²) in [4.78, 5) is 11.5. The Labute approximate surface area is 190 Å². The Kier molecular flexibility index (Phi) is 6.60. The third-order valence-electron chi connectivity index (χ3n) is 5.05. The number of nitrogens with two attached hydrogens (primary N) is 1. The smallest absolute Gasteiger partial charge is 0.243 e. The molecule has 1 aromatic heterocycles. The maximum atomic E-state index is 13.2. The summed E-state index contributed by atoms with van der Waals surface area (Å²) in [5.41, 5.74) is 7.59. The zero-order valence-corrected chi connectivity index (χ0v) is 19.1. The number of primary amides is 1. The van der Waals surface area contributed by atoms with Gasteiger partial charge in [-0.3, -0.25) is 9.36 Å². The fraction of sp³-hybridized carbons (Fsp3) is 0.286. The number of benzene rings is 2.